The Balaban J connectivity index is 0. The average molecular weight is 265 g/mol. The van der Waals surface area contributed by atoms with Gasteiger partial charge in [-0.05, 0) is 12.8 Å². The van der Waals surface area contributed by atoms with E-state index >= 15 is 0 Å². The fraction of sp³-hybridized carbons (Fsp3) is 0.667. The molecule has 0 aliphatic rings. The zero-order valence-electron chi connectivity index (χ0n) is 6.55. The molecule has 5 heteroatoms. The number of carboxylic acid groups (broad SMARTS) is 2. The van der Waals surface area contributed by atoms with Gasteiger partial charge in [0.15, 0.2) is 0 Å². The molecule has 0 aromatic carbocycles. The molecule has 62 valence electrons. The van der Waals surface area contributed by atoms with Crippen LogP contribution in [0.2, 0.25) is 9.88 Å². The van der Waals surface area contributed by atoms with E-state index in [9.17, 15) is 19.8 Å². The van der Waals surface area contributed by atoms with Crippen molar-refractivity contribution in [1.29, 1.82) is 0 Å². The van der Waals surface area contributed by atoms with Crippen molar-refractivity contribution in [3.05, 3.63) is 0 Å². The Labute approximate surface area is 75.8 Å². The van der Waals surface area contributed by atoms with E-state index in [-0.39, 0.29) is 21.1 Å². The van der Waals surface area contributed by atoms with Crippen LogP contribution in [0.15, 0.2) is 0 Å². The summed E-state index contributed by atoms with van der Waals surface area (Å²) >= 11 is 0.230. The van der Waals surface area contributed by atoms with Gasteiger partial charge in [0.1, 0.15) is 0 Å². The average Bonchev–Trinajstić information content (AvgIpc) is 1.85. The van der Waals surface area contributed by atoms with Crippen molar-refractivity contribution >= 4 is 33.1 Å². The SMILES string of the molecule is O=C([O-])CCC(=O)[O-].[CH3][Sn+2][CH3]. The minimum absolute atomic E-state index is 0.230. The summed E-state index contributed by atoms with van der Waals surface area (Å²) in [4.78, 5) is 23.6. The van der Waals surface area contributed by atoms with Gasteiger partial charge in [-0.15, -0.1) is 0 Å². The second-order valence-corrected chi connectivity index (χ2v) is 4.60. The van der Waals surface area contributed by atoms with Crippen LogP contribution in [0.3, 0.4) is 0 Å². The number of hydrogen-bond acceptors (Lipinski definition) is 4. The predicted octanol–water partition coefficient (Wildman–Crippen LogP) is -1.95. The zero-order valence-corrected chi connectivity index (χ0v) is 9.40. The van der Waals surface area contributed by atoms with E-state index in [2.05, 4.69) is 9.88 Å². The molecule has 11 heavy (non-hydrogen) atoms. The van der Waals surface area contributed by atoms with Crippen molar-refractivity contribution < 1.29 is 19.8 Å². The van der Waals surface area contributed by atoms with Gasteiger partial charge in [0.05, 0.1) is 0 Å². The Morgan fingerprint density at radius 2 is 1.27 bits per heavy atom. The molecular formula is C6H10O4Sn. The molecule has 0 spiro atoms. The Morgan fingerprint density at radius 3 is 1.36 bits per heavy atom. The Morgan fingerprint density at radius 1 is 1.09 bits per heavy atom. The molecule has 0 aromatic heterocycles. The van der Waals surface area contributed by atoms with Crippen LogP contribution in [0.5, 0.6) is 0 Å². The number of aliphatic carboxylic acids is 2. The maximum absolute atomic E-state index is 9.50. The topological polar surface area (TPSA) is 80.3 Å². The number of carbonyl (C=O) groups excluding carboxylic acids is 2. The van der Waals surface area contributed by atoms with Gasteiger partial charge in [-0.3, -0.25) is 0 Å². The van der Waals surface area contributed by atoms with E-state index in [0.717, 1.165) is 0 Å². The molecule has 0 unspecified atom stereocenters. The first-order valence-corrected chi connectivity index (χ1v) is 8.73. The fourth-order valence-corrected chi connectivity index (χ4v) is 0.204. The van der Waals surface area contributed by atoms with Gasteiger partial charge >= 0.3 is 31.0 Å². The van der Waals surface area contributed by atoms with Crippen LogP contribution < -0.4 is 10.2 Å². The van der Waals surface area contributed by atoms with Gasteiger partial charge in [-0.25, -0.2) is 0 Å². The summed E-state index contributed by atoms with van der Waals surface area (Å²) < 4.78 is 0. The summed E-state index contributed by atoms with van der Waals surface area (Å²) in [6.07, 6.45) is -0.940. The van der Waals surface area contributed by atoms with Crippen molar-refractivity contribution in [2.24, 2.45) is 0 Å². The molecule has 0 N–H and O–H groups in total. The first-order valence-electron chi connectivity index (χ1n) is 3.02. The summed E-state index contributed by atoms with van der Waals surface area (Å²) in [5.41, 5.74) is 0. The van der Waals surface area contributed by atoms with Gasteiger partial charge in [-0.2, -0.15) is 0 Å². The Bertz CT molecular complexity index is 110. The first kappa shape index (κ1) is 13.3. The summed E-state index contributed by atoms with van der Waals surface area (Å²) in [5, 5.41) is 19.0. The number of carbonyl (C=O) groups is 2. The number of carboxylic acids is 2. The van der Waals surface area contributed by atoms with Crippen LogP contribution in [0.25, 0.3) is 0 Å². The van der Waals surface area contributed by atoms with Gasteiger partial charge in [0.25, 0.3) is 0 Å². The third kappa shape index (κ3) is 26.0. The standard InChI is InChI=1S/C4H6O4.2CH3.Sn/c5-3(6)1-2-4(7)8;;;/h1-2H2,(H,5,6)(H,7,8);2*1H3;/q;;;+2/p-2. The monoisotopic (exact) mass is 266 g/mol. The molecule has 0 aromatic rings. The molecule has 0 saturated heterocycles. The Hall–Kier alpha value is -0.261. The van der Waals surface area contributed by atoms with Gasteiger partial charge in [0, 0.05) is 11.9 Å². The molecule has 0 amide bonds. The summed E-state index contributed by atoms with van der Waals surface area (Å²) in [5.74, 6) is -2.73. The van der Waals surface area contributed by atoms with Crippen molar-refractivity contribution in [1.82, 2.24) is 0 Å². The van der Waals surface area contributed by atoms with Crippen molar-refractivity contribution in [2.75, 3.05) is 0 Å². The van der Waals surface area contributed by atoms with Crippen LogP contribution in [0.4, 0.5) is 0 Å². The summed E-state index contributed by atoms with van der Waals surface area (Å²) in [6, 6.07) is 0. The molecular weight excluding hydrogens is 255 g/mol. The maximum atomic E-state index is 9.50. The van der Waals surface area contributed by atoms with Crippen molar-refractivity contribution in [3.8, 4) is 0 Å². The van der Waals surface area contributed by atoms with Gasteiger partial charge < -0.3 is 19.8 Å². The molecule has 0 bridgehead atoms. The normalized spacial score (nSPS) is 7.09. The third-order valence-corrected chi connectivity index (χ3v) is 0.533. The zero-order chi connectivity index (χ0) is 9.28. The molecule has 0 aliphatic heterocycles. The van der Waals surface area contributed by atoms with Gasteiger partial charge in [-0.1, -0.05) is 0 Å². The summed E-state index contributed by atoms with van der Waals surface area (Å²) in [7, 11) is 0. The van der Waals surface area contributed by atoms with E-state index in [0.29, 0.717) is 0 Å². The molecule has 0 saturated carbocycles. The molecule has 0 rings (SSSR count). The van der Waals surface area contributed by atoms with Crippen LogP contribution in [0, 0.1) is 0 Å². The summed E-state index contributed by atoms with van der Waals surface area (Å²) in [6.45, 7) is 0. The van der Waals surface area contributed by atoms with Crippen LogP contribution in [-0.2, 0) is 9.59 Å². The quantitative estimate of drug-likeness (QED) is 0.555. The van der Waals surface area contributed by atoms with Crippen LogP contribution >= 0.6 is 0 Å². The van der Waals surface area contributed by atoms with E-state index in [4.69, 9.17) is 0 Å². The minimum atomic E-state index is -1.37. The van der Waals surface area contributed by atoms with Crippen LogP contribution in [0.1, 0.15) is 12.8 Å². The van der Waals surface area contributed by atoms with E-state index in [1.54, 1.807) is 0 Å². The molecule has 0 aliphatic carbocycles. The number of rotatable bonds is 3. The van der Waals surface area contributed by atoms with E-state index in [1.807, 2.05) is 0 Å². The molecule has 0 fully saturated rings. The molecule has 4 nitrogen and oxygen atoms in total. The second kappa shape index (κ2) is 9.74. The molecule has 0 radical (unpaired) electrons. The predicted molar refractivity (Wildman–Crippen MR) is 36.7 cm³/mol. The first-order chi connectivity index (χ1) is 5.04. The Kier molecular flexibility index (Phi) is 11.8. The van der Waals surface area contributed by atoms with Gasteiger partial charge in [0.2, 0.25) is 0 Å². The fourth-order valence-electron chi connectivity index (χ4n) is 0.204. The number of hydrogen-bond donors (Lipinski definition) is 0. The van der Waals surface area contributed by atoms with E-state index < -0.39 is 24.8 Å². The second-order valence-electron chi connectivity index (χ2n) is 1.74. The van der Waals surface area contributed by atoms with Crippen molar-refractivity contribution in [3.63, 3.8) is 0 Å². The van der Waals surface area contributed by atoms with Crippen LogP contribution in [-0.4, -0.2) is 33.1 Å². The molecule has 0 atom stereocenters. The van der Waals surface area contributed by atoms with Crippen molar-refractivity contribution in [2.45, 2.75) is 22.7 Å². The third-order valence-electron chi connectivity index (χ3n) is 0.533. The van der Waals surface area contributed by atoms with E-state index in [1.165, 1.54) is 0 Å². The molecule has 0 heterocycles.